The Labute approximate surface area is 82.8 Å². The fourth-order valence-corrected chi connectivity index (χ4v) is 2.34. The SMILES string of the molecule is CSC1(SC)COC(C)(C)OC1. The maximum atomic E-state index is 5.60. The summed E-state index contributed by atoms with van der Waals surface area (Å²) in [6, 6.07) is 0. The molecule has 2 nitrogen and oxygen atoms in total. The first kappa shape index (κ1) is 10.7. The lowest BCUT2D eigenvalue weighted by molar-refractivity contribution is -0.245. The number of ether oxygens (including phenoxy) is 2. The summed E-state index contributed by atoms with van der Waals surface area (Å²) in [7, 11) is 0. The van der Waals surface area contributed by atoms with Crippen molar-refractivity contribution in [2.75, 3.05) is 25.7 Å². The molecule has 0 aromatic rings. The highest BCUT2D eigenvalue weighted by Crippen LogP contribution is 2.39. The van der Waals surface area contributed by atoms with Crippen molar-refractivity contribution in [1.29, 1.82) is 0 Å². The lowest BCUT2D eigenvalue weighted by Gasteiger charge is -2.41. The van der Waals surface area contributed by atoms with Gasteiger partial charge in [0.15, 0.2) is 5.79 Å². The zero-order valence-electron chi connectivity index (χ0n) is 8.05. The first-order valence-corrected chi connectivity index (χ1v) is 6.37. The van der Waals surface area contributed by atoms with Crippen LogP contribution in [0.25, 0.3) is 0 Å². The second-order valence-electron chi connectivity index (χ2n) is 3.30. The standard InChI is InChI=1S/C8H16O2S2/c1-7(2)9-5-8(11-3,12-4)6-10-7/h5-6H2,1-4H3. The van der Waals surface area contributed by atoms with Crippen molar-refractivity contribution in [2.45, 2.75) is 23.7 Å². The Morgan fingerprint density at radius 2 is 1.42 bits per heavy atom. The first-order valence-electron chi connectivity index (χ1n) is 3.92. The van der Waals surface area contributed by atoms with Gasteiger partial charge in [-0.1, -0.05) is 0 Å². The van der Waals surface area contributed by atoms with E-state index in [0.29, 0.717) is 0 Å². The van der Waals surface area contributed by atoms with E-state index in [4.69, 9.17) is 9.47 Å². The lowest BCUT2D eigenvalue weighted by Crippen LogP contribution is -2.47. The highest BCUT2D eigenvalue weighted by molar-refractivity contribution is 8.17. The Balaban J connectivity index is 2.53. The minimum absolute atomic E-state index is 0.107. The van der Waals surface area contributed by atoms with Crippen LogP contribution in [0.3, 0.4) is 0 Å². The lowest BCUT2D eigenvalue weighted by atomic mass is 10.3. The second kappa shape index (κ2) is 3.78. The third kappa shape index (κ3) is 2.31. The van der Waals surface area contributed by atoms with Gasteiger partial charge in [-0.25, -0.2) is 0 Å². The molecule has 0 bridgehead atoms. The van der Waals surface area contributed by atoms with E-state index in [-0.39, 0.29) is 4.08 Å². The molecule has 1 aliphatic rings. The Hall–Kier alpha value is 0.620. The number of rotatable bonds is 2. The summed E-state index contributed by atoms with van der Waals surface area (Å²) < 4.78 is 11.3. The van der Waals surface area contributed by atoms with E-state index in [1.54, 1.807) is 23.5 Å². The Kier molecular flexibility index (Phi) is 3.37. The molecule has 0 spiro atoms. The summed E-state index contributed by atoms with van der Waals surface area (Å²) in [5.74, 6) is -0.394. The molecule has 1 saturated heterocycles. The molecule has 0 amide bonds. The van der Waals surface area contributed by atoms with Gasteiger partial charge in [-0.2, -0.15) is 0 Å². The Bertz CT molecular complexity index is 143. The molecular formula is C8H16O2S2. The molecule has 0 unspecified atom stereocenters. The van der Waals surface area contributed by atoms with Crippen molar-refractivity contribution < 1.29 is 9.47 Å². The van der Waals surface area contributed by atoms with Crippen molar-refractivity contribution >= 4 is 23.5 Å². The average molecular weight is 208 g/mol. The van der Waals surface area contributed by atoms with Crippen LogP contribution < -0.4 is 0 Å². The Morgan fingerprint density at radius 3 is 1.75 bits per heavy atom. The normalized spacial score (nSPS) is 27.0. The third-order valence-electron chi connectivity index (χ3n) is 2.02. The zero-order valence-corrected chi connectivity index (χ0v) is 9.68. The number of hydrogen-bond donors (Lipinski definition) is 0. The molecular weight excluding hydrogens is 192 g/mol. The zero-order chi connectivity index (χ0) is 9.24. The summed E-state index contributed by atoms with van der Waals surface area (Å²) in [5.41, 5.74) is 0. The molecule has 72 valence electrons. The van der Waals surface area contributed by atoms with Crippen LogP contribution >= 0.6 is 23.5 Å². The largest absolute Gasteiger partial charge is 0.348 e. The van der Waals surface area contributed by atoms with Crippen molar-refractivity contribution in [2.24, 2.45) is 0 Å². The van der Waals surface area contributed by atoms with Crippen LogP contribution in [0.15, 0.2) is 0 Å². The van der Waals surface area contributed by atoms with Gasteiger partial charge in [-0.05, 0) is 26.4 Å². The predicted molar refractivity (Wildman–Crippen MR) is 55.7 cm³/mol. The molecule has 0 atom stereocenters. The molecule has 0 aromatic heterocycles. The maximum absolute atomic E-state index is 5.60. The molecule has 4 heteroatoms. The number of hydrogen-bond acceptors (Lipinski definition) is 4. The average Bonchev–Trinajstić information content (AvgIpc) is 2.06. The quantitative estimate of drug-likeness (QED) is 0.647. The highest BCUT2D eigenvalue weighted by Gasteiger charge is 2.38. The molecule has 0 radical (unpaired) electrons. The van der Waals surface area contributed by atoms with E-state index in [1.807, 2.05) is 13.8 Å². The molecule has 1 rings (SSSR count). The van der Waals surface area contributed by atoms with Gasteiger partial charge in [0.25, 0.3) is 0 Å². The number of thioether (sulfide) groups is 2. The highest BCUT2D eigenvalue weighted by atomic mass is 32.2. The second-order valence-corrected chi connectivity index (χ2v) is 5.93. The van der Waals surface area contributed by atoms with Gasteiger partial charge in [0.2, 0.25) is 0 Å². The van der Waals surface area contributed by atoms with Crippen molar-refractivity contribution in [1.82, 2.24) is 0 Å². The van der Waals surface area contributed by atoms with Gasteiger partial charge in [-0.3, -0.25) is 0 Å². The van der Waals surface area contributed by atoms with Gasteiger partial charge in [0.05, 0.1) is 13.2 Å². The molecule has 0 saturated carbocycles. The summed E-state index contributed by atoms with van der Waals surface area (Å²) in [6.45, 7) is 5.44. The molecule has 0 N–H and O–H groups in total. The van der Waals surface area contributed by atoms with Crippen LogP contribution in [-0.4, -0.2) is 35.6 Å². The first-order chi connectivity index (χ1) is 5.54. The molecule has 12 heavy (non-hydrogen) atoms. The minimum Gasteiger partial charge on any atom is -0.348 e. The van der Waals surface area contributed by atoms with Crippen LogP contribution in [0.2, 0.25) is 0 Å². The van der Waals surface area contributed by atoms with Gasteiger partial charge in [0, 0.05) is 0 Å². The molecule has 1 aliphatic heterocycles. The predicted octanol–water partition coefficient (Wildman–Crippen LogP) is 2.19. The fraction of sp³-hybridized carbons (Fsp3) is 1.00. The fourth-order valence-electron chi connectivity index (χ4n) is 0.970. The van der Waals surface area contributed by atoms with Crippen molar-refractivity contribution in [3.05, 3.63) is 0 Å². The van der Waals surface area contributed by atoms with Crippen molar-refractivity contribution in [3.63, 3.8) is 0 Å². The molecule has 0 aromatic carbocycles. The van der Waals surface area contributed by atoms with E-state index in [0.717, 1.165) is 13.2 Å². The van der Waals surface area contributed by atoms with Crippen LogP contribution in [0.5, 0.6) is 0 Å². The van der Waals surface area contributed by atoms with Gasteiger partial charge < -0.3 is 9.47 Å². The van der Waals surface area contributed by atoms with E-state index in [1.165, 1.54) is 0 Å². The summed E-state index contributed by atoms with van der Waals surface area (Å²) in [4.78, 5) is 0. The topological polar surface area (TPSA) is 18.5 Å². The van der Waals surface area contributed by atoms with Crippen LogP contribution in [-0.2, 0) is 9.47 Å². The minimum atomic E-state index is -0.394. The van der Waals surface area contributed by atoms with E-state index in [9.17, 15) is 0 Å². The van der Waals surface area contributed by atoms with Gasteiger partial charge >= 0.3 is 0 Å². The third-order valence-corrected chi connectivity index (χ3v) is 4.98. The van der Waals surface area contributed by atoms with Crippen LogP contribution in [0.4, 0.5) is 0 Å². The molecule has 1 heterocycles. The molecule has 1 fully saturated rings. The van der Waals surface area contributed by atoms with Gasteiger partial charge in [0.1, 0.15) is 4.08 Å². The van der Waals surface area contributed by atoms with Gasteiger partial charge in [-0.15, -0.1) is 23.5 Å². The van der Waals surface area contributed by atoms with E-state index in [2.05, 4.69) is 12.5 Å². The van der Waals surface area contributed by atoms with Crippen LogP contribution in [0.1, 0.15) is 13.8 Å². The van der Waals surface area contributed by atoms with E-state index >= 15 is 0 Å². The monoisotopic (exact) mass is 208 g/mol. The molecule has 0 aliphatic carbocycles. The summed E-state index contributed by atoms with van der Waals surface area (Å²) >= 11 is 3.61. The summed E-state index contributed by atoms with van der Waals surface area (Å²) in [6.07, 6.45) is 4.20. The smallest absolute Gasteiger partial charge is 0.162 e. The summed E-state index contributed by atoms with van der Waals surface area (Å²) in [5, 5.41) is 0. The Morgan fingerprint density at radius 1 is 1.00 bits per heavy atom. The van der Waals surface area contributed by atoms with Crippen LogP contribution in [0, 0.1) is 0 Å². The van der Waals surface area contributed by atoms with Crippen molar-refractivity contribution in [3.8, 4) is 0 Å². The maximum Gasteiger partial charge on any atom is 0.162 e. The van der Waals surface area contributed by atoms with E-state index < -0.39 is 5.79 Å².